The van der Waals surface area contributed by atoms with Crippen LogP contribution in [0.3, 0.4) is 0 Å². The van der Waals surface area contributed by atoms with Crippen molar-refractivity contribution < 1.29 is 9.47 Å². The Bertz CT molecular complexity index is 3210. The lowest BCUT2D eigenvalue weighted by molar-refractivity contribution is 0.446. The van der Waals surface area contributed by atoms with Crippen LogP contribution in [0, 0.1) is 0 Å². The number of para-hydroxylation sites is 2. The SMILES string of the molecule is c1ccc(-c2ccc(N(c3ccc(-c4ccccc4)cc3)c3ccc(-c4cccc(-c5cc6c7c(c5)Oc5cc(-c8ccccc8)ccc5N7c5ccccc5O6)c4)cc3)cc2)cc1. The predicted molar refractivity (Wildman–Crippen MR) is 263 cm³/mol. The molecule has 0 saturated heterocycles. The largest absolute Gasteiger partial charge is 0.453 e. The average molecular weight is 821 g/mol. The summed E-state index contributed by atoms with van der Waals surface area (Å²) in [4.78, 5) is 4.60. The molecule has 0 N–H and O–H groups in total. The van der Waals surface area contributed by atoms with E-state index in [1.54, 1.807) is 0 Å². The van der Waals surface area contributed by atoms with Crippen LogP contribution >= 0.6 is 0 Å². The molecule has 10 aromatic carbocycles. The van der Waals surface area contributed by atoms with E-state index in [9.17, 15) is 0 Å². The van der Waals surface area contributed by atoms with Crippen molar-refractivity contribution in [1.29, 1.82) is 0 Å². The minimum atomic E-state index is 0.753. The van der Waals surface area contributed by atoms with E-state index >= 15 is 0 Å². The summed E-state index contributed by atoms with van der Waals surface area (Å²) >= 11 is 0. The van der Waals surface area contributed by atoms with Crippen molar-refractivity contribution in [3.8, 4) is 78.6 Å². The molecule has 0 fully saturated rings. The van der Waals surface area contributed by atoms with Gasteiger partial charge in [-0.1, -0.05) is 164 Å². The van der Waals surface area contributed by atoms with Gasteiger partial charge in [-0.3, -0.25) is 4.90 Å². The van der Waals surface area contributed by atoms with Crippen LogP contribution in [0.5, 0.6) is 23.0 Å². The Morgan fingerprint density at radius 3 is 1.16 bits per heavy atom. The van der Waals surface area contributed by atoms with Crippen LogP contribution in [0.4, 0.5) is 34.1 Å². The maximum absolute atomic E-state index is 6.82. The molecule has 12 rings (SSSR count). The van der Waals surface area contributed by atoms with E-state index in [1.165, 1.54) is 22.3 Å². The highest BCUT2D eigenvalue weighted by molar-refractivity contribution is 5.96. The van der Waals surface area contributed by atoms with E-state index in [0.717, 1.165) is 90.5 Å². The molecule has 10 aromatic rings. The van der Waals surface area contributed by atoms with Crippen molar-refractivity contribution in [2.24, 2.45) is 0 Å². The Balaban J connectivity index is 0.888. The summed E-state index contributed by atoms with van der Waals surface area (Å²) in [5.74, 6) is 3.12. The van der Waals surface area contributed by atoms with Crippen LogP contribution in [0.2, 0.25) is 0 Å². The summed E-state index contributed by atoms with van der Waals surface area (Å²) in [6.07, 6.45) is 0. The number of fused-ring (bicyclic) bond motifs is 4. The van der Waals surface area contributed by atoms with Crippen LogP contribution < -0.4 is 19.3 Å². The van der Waals surface area contributed by atoms with Crippen LogP contribution in [0.15, 0.2) is 243 Å². The number of hydrogen-bond acceptors (Lipinski definition) is 4. The lowest BCUT2D eigenvalue weighted by Crippen LogP contribution is -2.20. The number of hydrogen-bond donors (Lipinski definition) is 0. The first-order chi connectivity index (χ1) is 31.7. The van der Waals surface area contributed by atoms with Crippen LogP contribution in [0.25, 0.3) is 55.6 Å². The predicted octanol–water partition coefficient (Wildman–Crippen LogP) is 17.2. The molecule has 0 bridgehead atoms. The summed E-state index contributed by atoms with van der Waals surface area (Å²) in [6, 6.07) is 85.7. The van der Waals surface area contributed by atoms with Crippen molar-refractivity contribution in [1.82, 2.24) is 0 Å². The maximum atomic E-state index is 6.82. The van der Waals surface area contributed by atoms with Gasteiger partial charge in [0.15, 0.2) is 23.0 Å². The third-order valence-electron chi connectivity index (χ3n) is 12.2. The number of ether oxygens (including phenoxy) is 2. The topological polar surface area (TPSA) is 24.9 Å². The van der Waals surface area contributed by atoms with Gasteiger partial charge in [0, 0.05) is 17.1 Å². The molecule has 2 aliphatic rings. The molecule has 0 spiro atoms. The first-order valence-electron chi connectivity index (χ1n) is 21.6. The fourth-order valence-electron chi connectivity index (χ4n) is 9.05. The Morgan fingerprint density at radius 1 is 0.250 bits per heavy atom. The molecule has 64 heavy (non-hydrogen) atoms. The normalized spacial score (nSPS) is 12.0. The zero-order valence-corrected chi connectivity index (χ0v) is 34.8. The fraction of sp³-hybridized carbons (Fsp3) is 0. The van der Waals surface area contributed by atoms with E-state index < -0.39 is 0 Å². The zero-order chi connectivity index (χ0) is 42.4. The van der Waals surface area contributed by atoms with Gasteiger partial charge in [0.25, 0.3) is 0 Å². The minimum Gasteiger partial charge on any atom is -0.453 e. The maximum Gasteiger partial charge on any atom is 0.156 e. The second kappa shape index (κ2) is 15.7. The van der Waals surface area contributed by atoms with Gasteiger partial charge in [0.1, 0.15) is 5.69 Å². The molecule has 4 heteroatoms. The number of nitrogens with zero attached hydrogens (tertiary/aromatic N) is 2. The molecular weight excluding hydrogens is 781 g/mol. The van der Waals surface area contributed by atoms with Gasteiger partial charge < -0.3 is 14.4 Å². The molecule has 4 nitrogen and oxygen atoms in total. The first-order valence-corrected chi connectivity index (χ1v) is 21.6. The van der Waals surface area contributed by atoms with Gasteiger partial charge in [-0.15, -0.1) is 0 Å². The molecule has 0 saturated carbocycles. The Morgan fingerprint density at radius 2 is 0.609 bits per heavy atom. The van der Waals surface area contributed by atoms with Crippen LogP contribution in [-0.2, 0) is 0 Å². The highest BCUT2D eigenvalue weighted by Gasteiger charge is 2.35. The van der Waals surface area contributed by atoms with Gasteiger partial charge in [-0.2, -0.15) is 0 Å². The lowest BCUT2D eigenvalue weighted by Gasteiger charge is -2.38. The van der Waals surface area contributed by atoms with Crippen molar-refractivity contribution >= 4 is 34.1 Å². The Hall–Kier alpha value is -8.60. The lowest BCUT2D eigenvalue weighted by atomic mass is 9.96. The van der Waals surface area contributed by atoms with Crippen LogP contribution in [-0.4, -0.2) is 0 Å². The number of rotatable bonds is 8. The van der Waals surface area contributed by atoms with Gasteiger partial charge in [-0.25, -0.2) is 0 Å². The number of anilines is 6. The van der Waals surface area contributed by atoms with Crippen molar-refractivity contribution in [2.45, 2.75) is 0 Å². The van der Waals surface area contributed by atoms with Gasteiger partial charge in [0.05, 0.1) is 11.4 Å². The minimum absolute atomic E-state index is 0.753. The quantitative estimate of drug-likeness (QED) is 0.152. The summed E-state index contributed by atoms with van der Waals surface area (Å²) in [5.41, 5.74) is 17.5. The third kappa shape index (κ3) is 6.75. The summed E-state index contributed by atoms with van der Waals surface area (Å²) in [7, 11) is 0. The molecule has 0 atom stereocenters. The monoisotopic (exact) mass is 820 g/mol. The Labute approximate surface area is 373 Å². The zero-order valence-electron chi connectivity index (χ0n) is 34.8. The Kier molecular flexibility index (Phi) is 9.12. The molecular formula is C60H40N2O2. The molecule has 0 unspecified atom stereocenters. The third-order valence-corrected chi connectivity index (χ3v) is 12.2. The van der Waals surface area contributed by atoms with Gasteiger partial charge >= 0.3 is 0 Å². The summed E-state index contributed by atoms with van der Waals surface area (Å²) in [5, 5.41) is 0. The van der Waals surface area contributed by atoms with Crippen molar-refractivity contribution in [3.05, 3.63) is 243 Å². The van der Waals surface area contributed by atoms with Crippen LogP contribution in [0.1, 0.15) is 0 Å². The first kappa shape index (κ1) is 37.2. The fourth-order valence-corrected chi connectivity index (χ4v) is 9.05. The molecule has 0 amide bonds. The molecule has 0 aliphatic carbocycles. The molecule has 2 heterocycles. The molecule has 302 valence electrons. The molecule has 0 aromatic heterocycles. The van der Waals surface area contributed by atoms with E-state index in [1.807, 2.05) is 18.2 Å². The van der Waals surface area contributed by atoms with E-state index in [4.69, 9.17) is 9.47 Å². The highest BCUT2D eigenvalue weighted by atomic mass is 16.5. The standard InChI is InChI=1S/C60H40N2O2/c1-4-13-41(14-5-1)44-23-30-51(31-24-44)61(52-32-25-45(26-33-52)42-15-6-2-7-16-42)53-34-27-46(28-35-53)47-19-12-20-48(37-47)50-39-58-60-59(40-50)64-57-38-49(43-17-8-3-9-18-43)29-36-55(57)62(60)54-21-10-11-22-56(54)63-58/h1-40H. The molecule has 0 radical (unpaired) electrons. The van der Waals surface area contributed by atoms with Crippen molar-refractivity contribution in [2.75, 3.05) is 9.80 Å². The van der Waals surface area contributed by atoms with Crippen molar-refractivity contribution in [3.63, 3.8) is 0 Å². The van der Waals surface area contributed by atoms with E-state index in [2.05, 4.69) is 234 Å². The van der Waals surface area contributed by atoms with E-state index in [0.29, 0.717) is 0 Å². The molecule has 2 aliphatic heterocycles. The van der Waals surface area contributed by atoms with Gasteiger partial charge in [0.2, 0.25) is 0 Å². The summed E-state index contributed by atoms with van der Waals surface area (Å²) < 4.78 is 13.5. The van der Waals surface area contributed by atoms with E-state index in [-0.39, 0.29) is 0 Å². The highest BCUT2D eigenvalue weighted by Crippen LogP contribution is 2.61. The smallest absolute Gasteiger partial charge is 0.156 e. The summed E-state index contributed by atoms with van der Waals surface area (Å²) in [6.45, 7) is 0. The number of benzene rings is 10. The average Bonchev–Trinajstić information content (AvgIpc) is 3.37. The second-order valence-corrected chi connectivity index (χ2v) is 16.2. The second-order valence-electron chi connectivity index (χ2n) is 16.2. The van der Waals surface area contributed by atoms with Gasteiger partial charge in [-0.05, 0) is 134 Å².